The molecule has 0 bridgehead atoms. The average molecular weight is 445 g/mol. The molecule has 0 N–H and O–H groups in total. The van der Waals surface area contributed by atoms with E-state index >= 15 is 0 Å². The summed E-state index contributed by atoms with van der Waals surface area (Å²) in [5.41, 5.74) is 0.857. The molecule has 1 aromatic rings. The lowest BCUT2D eigenvalue weighted by Crippen LogP contribution is -2.29. The fourth-order valence-corrected chi connectivity index (χ4v) is 8.72. The molecule has 1 heterocycles. The average Bonchev–Trinajstić information content (AvgIpc) is 2.61. The molecule has 2 rings (SSSR count). The van der Waals surface area contributed by atoms with Crippen molar-refractivity contribution >= 4 is 31.1 Å². The molecular weight excluding hydrogens is 411 g/mol. The molecule has 4 nitrogen and oxygen atoms in total. The number of allylic oxidation sites excluding steroid dienone is 1. The van der Waals surface area contributed by atoms with Gasteiger partial charge in [-0.15, -0.1) is 11.8 Å². The van der Waals surface area contributed by atoms with E-state index in [1.165, 1.54) is 0 Å². The van der Waals surface area contributed by atoms with Crippen molar-refractivity contribution < 1.29 is 18.3 Å². The van der Waals surface area contributed by atoms with Crippen molar-refractivity contribution in [3.63, 3.8) is 0 Å². The maximum atomic E-state index is 13.9. The third-order valence-corrected chi connectivity index (χ3v) is 9.08. The molecule has 28 heavy (non-hydrogen) atoms. The number of hydrogen-bond acceptors (Lipinski definition) is 6. The van der Waals surface area contributed by atoms with Crippen LogP contribution < -0.4 is 0 Å². The van der Waals surface area contributed by atoms with Crippen LogP contribution in [0.2, 0.25) is 0 Å². The van der Waals surface area contributed by atoms with Gasteiger partial charge in [0.15, 0.2) is 0 Å². The summed E-state index contributed by atoms with van der Waals surface area (Å²) in [5.74, 6) is 0.821. The van der Waals surface area contributed by atoms with Crippen molar-refractivity contribution in [3.8, 4) is 0 Å². The molecule has 0 unspecified atom stereocenters. The molecule has 0 aliphatic carbocycles. The van der Waals surface area contributed by atoms with Gasteiger partial charge in [0.25, 0.3) is 0 Å². The van der Waals surface area contributed by atoms with Gasteiger partial charge < -0.3 is 13.8 Å². The highest BCUT2D eigenvalue weighted by Crippen LogP contribution is 2.67. The first-order valence-corrected chi connectivity index (χ1v) is 13.3. The predicted molar refractivity (Wildman–Crippen MR) is 122 cm³/mol. The summed E-state index contributed by atoms with van der Waals surface area (Å²) in [6.45, 7) is 12.7. The Labute approximate surface area is 178 Å². The van der Waals surface area contributed by atoms with Crippen LogP contribution in [0.5, 0.6) is 0 Å². The van der Waals surface area contributed by atoms with E-state index < -0.39 is 7.60 Å². The SMILES string of the molecule is CCOP(=O)(OCC)C1=C(SCC)S[C@H](OC(C)(C)C)C[C@@H]1c1ccccc1. The number of hydrogen-bond donors (Lipinski definition) is 0. The van der Waals surface area contributed by atoms with Crippen molar-refractivity contribution in [1.82, 2.24) is 0 Å². The smallest absolute Gasteiger partial charge is 0.359 e. The van der Waals surface area contributed by atoms with Crippen LogP contribution in [0, 0.1) is 0 Å². The summed E-state index contributed by atoms with van der Waals surface area (Å²) >= 11 is 3.35. The summed E-state index contributed by atoms with van der Waals surface area (Å²) in [4.78, 5) is 0. The fourth-order valence-electron chi connectivity index (χ4n) is 3.18. The monoisotopic (exact) mass is 444 g/mol. The molecule has 1 aromatic carbocycles. The van der Waals surface area contributed by atoms with E-state index in [0.29, 0.717) is 13.2 Å². The quantitative estimate of drug-likeness (QED) is 0.374. The lowest BCUT2D eigenvalue weighted by Gasteiger charge is -2.38. The lowest BCUT2D eigenvalue weighted by molar-refractivity contribution is -0.0233. The minimum absolute atomic E-state index is 0.0142. The lowest BCUT2D eigenvalue weighted by atomic mass is 9.95. The van der Waals surface area contributed by atoms with Crippen LogP contribution in [-0.2, 0) is 18.3 Å². The first-order chi connectivity index (χ1) is 13.2. The Hall–Kier alpha value is -0.230. The summed E-state index contributed by atoms with van der Waals surface area (Å²) in [6.07, 6.45) is 0.735. The van der Waals surface area contributed by atoms with Crippen LogP contribution in [0.3, 0.4) is 0 Å². The van der Waals surface area contributed by atoms with Crippen molar-refractivity contribution in [3.05, 3.63) is 45.4 Å². The van der Waals surface area contributed by atoms with Gasteiger partial charge in [0.05, 0.1) is 28.4 Å². The Balaban J connectivity index is 2.59. The van der Waals surface area contributed by atoms with Gasteiger partial charge >= 0.3 is 7.60 Å². The molecule has 0 radical (unpaired) electrons. The highest BCUT2D eigenvalue weighted by atomic mass is 32.2. The van der Waals surface area contributed by atoms with Crippen LogP contribution >= 0.6 is 31.1 Å². The van der Waals surface area contributed by atoms with E-state index in [1.54, 1.807) is 23.5 Å². The molecule has 1 aliphatic heterocycles. The van der Waals surface area contributed by atoms with E-state index in [2.05, 4.69) is 39.8 Å². The third-order valence-electron chi connectivity index (χ3n) is 4.06. The molecule has 0 amide bonds. The van der Waals surface area contributed by atoms with E-state index in [-0.39, 0.29) is 17.0 Å². The first-order valence-electron chi connectivity index (χ1n) is 9.90. The number of rotatable bonds is 9. The minimum atomic E-state index is -3.40. The van der Waals surface area contributed by atoms with E-state index in [9.17, 15) is 4.57 Å². The van der Waals surface area contributed by atoms with Crippen LogP contribution in [0.25, 0.3) is 0 Å². The van der Waals surface area contributed by atoms with Gasteiger partial charge in [0, 0.05) is 5.92 Å². The summed E-state index contributed by atoms with van der Waals surface area (Å²) in [6, 6.07) is 10.2. The Bertz CT molecular complexity index is 690. The second kappa shape index (κ2) is 10.7. The van der Waals surface area contributed by atoms with E-state index in [1.807, 2.05) is 32.0 Å². The molecular formula is C21H33O4PS2. The molecule has 0 spiro atoms. The molecule has 158 valence electrons. The Morgan fingerprint density at radius 1 is 1.11 bits per heavy atom. The van der Waals surface area contributed by atoms with Gasteiger partial charge in [-0.3, -0.25) is 4.57 Å². The fraction of sp³-hybridized carbons (Fsp3) is 0.619. The molecule has 0 aromatic heterocycles. The predicted octanol–water partition coefficient (Wildman–Crippen LogP) is 7.24. The van der Waals surface area contributed by atoms with Crippen LogP contribution in [0.15, 0.2) is 39.9 Å². The van der Waals surface area contributed by atoms with E-state index in [0.717, 1.165) is 27.3 Å². The maximum Gasteiger partial charge on any atom is 0.359 e. The van der Waals surface area contributed by atoms with Gasteiger partial charge in [-0.05, 0) is 52.4 Å². The highest BCUT2D eigenvalue weighted by Gasteiger charge is 2.44. The number of ether oxygens (including phenoxy) is 1. The first kappa shape index (κ1) is 24.0. The van der Waals surface area contributed by atoms with Crippen LogP contribution in [0.1, 0.15) is 59.4 Å². The zero-order valence-electron chi connectivity index (χ0n) is 17.8. The molecule has 0 saturated heterocycles. The summed E-state index contributed by atoms with van der Waals surface area (Å²) in [5, 5.41) is 0.799. The molecule has 2 atom stereocenters. The van der Waals surface area contributed by atoms with Gasteiger partial charge in [0.1, 0.15) is 5.44 Å². The Kier molecular flexibility index (Phi) is 9.18. The zero-order chi connectivity index (χ0) is 20.8. The summed E-state index contributed by atoms with van der Waals surface area (Å²) < 4.78 is 32.8. The largest absolute Gasteiger partial charge is 0.362 e. The number of thioether (sulfide) groups is 2. The van der Waals surface area contributed by atoms with Crippen molar-refractivity contribution in [2.45, 2.75) is 64.9 Å². The van der Waals surface area contributed by atoms with Gasteiger partial charge in [-0.1, -0.05) is 49.0 Å². The van der Waals surface area contributed by atoms with Crippen LogP contribution in [-0.4, -0.2) is 30.0 Å². The van der Waals surface area contributed by atoms with Crippen molar-refractivity contribution in [2.24, 2.45) is 0 Å². The van der Waals surface area contributed by atoms with Crippen LogP contribution in [0.4, 0.5) is 0 Å². The maximum absolute atomic E-state index is 13.9. The molecule has 1 aliphatic rings. The molecule has 0 saturated carbocycles. The van der Waals surface area contributed by atoms with Crippen molar-refractivity contribution in [1.29, 1.82) is 0 Å². The molecule has 0 fully saturated rings. The Morgan fingerprint density at radius 2 is 1.71 bits per heavy atom. The second-order valence-corrected chi connectivity index (χ2v) is 12.1. The topological polar surface area (TPSA) is 44.8 Å². The zero-order valence-corrected chi connectivity index (χ0v) is 20.3. The van der Waals surface area contributed by atoms with Crippen molar-refractivity contribution in [2.75, 3.05) is 19.0 Å². The second-order valence-electron chi connectivity index (χ2n) is 7.42. The third kappa shape index (κ3) is 6.38. The number of benzene rings is 1. The van der Waals surface area contributed by atoms with E-state index in [4.69, 9.17) is 13.8 Å². The van der Waals surface area contributed by atoms with Gasteiger partial charge in [-0.25, -0.2) is 0 Å². The van der Waals surface area contributed by atoms with Gasteiger partial charge in [0.2, 0.25) is 0 Å². The highest BCUT2D eigenvalue weighted by molar-refractivity contribution is 8.22. The summed E-state index contributed by atoms with van der Waals surface area (Å²) in [7, 11) is -3.40. The standard InChI is InChI=1S/C21H33O4PS2/c1-7-23-26(22,24-8-2)19-17(16-13-11-10-12-14-16)15-18(25-21(4,5)6)28-20(19)27-9-3/h10-14,17-18H,7-9,15H2,1-6H3/t17-,18+/m1/s1. The molecule has 7 heteroatoms. The minimum Gasteiger partial charge on any atom is -0.362 e. The Morgan fingerprint density at radius 3 is 2.21 bits per heavy atom. The van der Waals surface area contributed by atoms with Gasteiger partial charge in [-0.2, -0.15) is 0 Å². The normalized spacial score (nSPS) is 21.2.